The number of benzene rings is 2. The highest BCUT2D eigenvalue weighted by atomic mass is 32.1. The second-order valence-electron chi connectivity index (χ2n) is 4.81. The molecule has 0 aliphatic carbocycles. The normalized spacial score (nSPS) is 10.6. The molecule has 0 saturated carbocycles. The molecule has 0 saturated heterocycles. The van der Waals surface area contributed by atoms with E-state index in [0.29, 0.717) is 6.54 Å². The molecule has 4 heteroatoms. The second-order valence-corrected chi connectivity index (χ2v) is 5.87. The van der Waals surface area contributed by atoms with Gasteiger partial charge in [-0.15, -0.1) is 11.3 Å². The molecule has 3 rings (SSSR count). The predicted molar refractivity (Wildman–Crippen MR) is 86.0 cm³/mol. The number of nitrogens with zero attached hydrogens (tertiary/aromatic N) is 1. The van der Waals surface area contributed by atoms with Gasteiger partial charge in [0.05, 0.1) is 10.7 Å². The first-order valence-corrected chi connectivity index (χ1v) is 7.59. The highest BCUT2D eigenvalue weighted by Crippen LogP contribution is 2.23. The fourth-order valence-electron chi connectivity index (χ4n) is 2.11. The van der Waals surface area contributed by atoms with Crippen molar-refractivity contribution in [2.24, 2.45) is 0 Å². The Morgan fingerprint density at radius 2 is 1.95 bits per heavy atom. The minimum atomic E-state index is -0.205. The zero-order chi connectivity index (χ0) is 14.7. The maximum atomic E-state index is 13.1. The summed E-state index contributed by atoms with van der Waals surface area (Å²) in [6.07, 6.45) is 0. The molecule has 106 valence electrons. The first-order chi connectivity index (χ1) is 10.2. The Morgan fingerprint density at radius 3 is 2.62 bits per heavy atom. The Kier molecular flexibility index (Phi) is 3.97. The monoisotopic (exact) mass is 298 g/mol. The van der Waals surface area contributed by atoms with Crippen LogP contribution in [0.15, 0.2) is 53.9 Å². The molecule has 0 spiro atoms. The molecule has 0 bridgehead atoms. The molecule has 0 radical (unpaired) electrons. The van der Waals surface area contributed by atoms with Crippen molar-refractivity contribution in [3.63, 3.8) is 0 Å². The summed E-state index contributed by atoms with van der Waals surface area (Å²) in [6.45, 7) is 2.61. The first kappa shape index (κ1) is 13.8. The molecule has 1 aromatic heterocycles. The third-order valence-corrected chi connectivity index (χ3v) is 3.96. The van der Waals surface area contributed by atoms with Crippen LogP contribution >= 0.6 is 11.3 Å². The maximum absolute atomic E-state index is 13.1. The predicted octanol–water partition coefficient (Wildman–Crippen LogP) is 4.87. The zero-order valence-electron chi connectivity index (χ0n) is 11.6. The lowest BCUT2D eigenvalue weighted by atomic mass is 10.1. The topological polar surface area (TPSA) is 24.9 Å². The van der Waals surface area contributed by atoms with Crippen molar-refractivity contribution < 1.29 is 4.39 Å². The third-order valence-electron chi connectivity index (χ3n) is 3.19. The molecule has 2 aromatic carbocycles. The summed E-state index contributed by atoms with van der Waals surface area (Å²) in [6, 6.07) is 14.7. The van der Waals surface area contributed by atoms with E-state index in [1.807, 2.05) is 37.3 Å². The van der Waals surface area contributed by atoms with Gasteiger partial charge in [-0.2, -0.15) is 0 Å². The van der Waals surface area contributed by atoms with Crippen LogP contribution in [0.25, 0.3) is 11.3 Å². The van der Waals surface area contributed by atoms with E-state index < -0.39 is 0 Å². The summed E-state index contributed by atoms with van der Waals surface area (Å²) >= 11 is 1.65. The molecule has 0 amide bonds. The molecule has 1 N–H and O–H groups in total. The van der Waals surface area contributed by atoms with E-state index in [9.17, 15) is 4.39 Å². The van der Waals surface area contributed by atoms with E-state index in [1.165, 1.54) is 6.07 Å². The van der Waals surface area contributed by atoms with Gasteiger partial charge in [-0.3, -0.25) is 0 Å². The van der Waals surface area contributed by atoms with Crippen LogP contribution in [-0.2, 0) is 6.54 Å². The van der Waals surface area contributed by atoms with E-state index in [1.54, 1.807) is 23.5 Å². The van der Waals surface area contributed by atoms with Crippen LogP contribution in [0.4, 0.5) is 10.1 Å². The van der Waals surface area contributed by atoms with Crippen molar-refractivity contribution in [1.29, 1.82) is 0 Å². The molecule has 0 atom stereocenters. The van der Waals surface area contributed by atoms with E-state index in [0.717, 1.165) is 27.5 Å². The fourth-order valence-corrected chi connectivity index (χ4v) is 2.73. The Balaban J connectivity index is 1.67. The van der Waals surface area contributed by atoms with E-state index in [2.05, 4.69) is 15.7 Å². The Morgan fingerprint density at radius 1 is 1.14 bits per heavy atom. The number of aromatic nitrogens is 1. The maximum Gasteiger partial charge on any atom is 0.123 e. The van der Waals surface area contributed by atoms with Gasteiger partial charge in [-0.1, -0.05) is 24.3 Å². The van der Waals surface area contributed by atoms with Crippen molar-refractivity contribution >= 4 is 17.0 Å². The van der Waals surface area contributed by atoms with Crippen LogP contribution < -0.4 is 5.32 Å². The SMILES string of the molecule is Cc1nc(-c2ccc(NCc3cccc(F)c3)cc2)cs1. The summed E-state index contributed by atoms with van der Waals surface area (Å²) in [7, 11) is 0. The highest BCUT2D eigenvalue weighted by molar-refractivity contribution is 7.09. The standard InChI is InChI=1S/C17H15FN2S/c1-12-20-17(11-21-12)14-5-7-16(8-6-14)19-10-13-3-2-4-15(18)9-13/h2-9,11,19H,10H2,1H3. The average molecular weight is 298 g/mol. The summed E-state index contributed by atoms with van der Waals surface area (Å²) in [5.74, 6) is -0.205. The van der Waals surface area contributed by atoms with Crippen LogP contribution in [0.1, 0.15) is 10.6 Å². The molecule has 0 aliphatic rings. The summed E-state index contributed by atoms with van der Waals surface area (Å²) in [4.78, 5) is 4.47. The molecule has 0 unspecified atom stereocenters. The fraction of sp³-hybridized carbons (Fsp3) is 0.118. The number of rotatable bonds is 4. The van der Waals surface area contributed by atoms with Crippen molar-refractivity contribution in [3.05, 3.63) is 70.3 Å². The summed E-state index contributed by atoms with van der Waals surface area (Å²) < 4.78 is 13.1. The molecule has 0 fully saturated rings. The van der Waals surface area contributed by atoms with Crippen LogP contribution in [0, 0.1) is 12.7 Å². The summed E-state index contributed by atoms with van der Waals surface area (Å²) in [5, 5.41) is 6.42. The third kappa shape index (κ3) is 3.47. The minimum absolute atomic E-state index is 0.205. The van der Waals surface area contributed by atoms with Gasteiger partial charge in [0.2, 0.25) is 0 Å². The van der Waals surface area contributed by atoms with Gasteiger partial charge in [-0.05, 0) is 36.8 Å². The van der Waals surface area contributed by atoms with Crippen molar-refractivity contribution in [1.82, 2.24) is 4.98 Å². The highest BCUT2D eigenvalue weighted by Gasteiger charge is 2.02. The van der Waals surface area contributed by atoms with E-state index >= 15 is 0 Å². The Bertz CT molecular complexity index is 735. The number of anilines is 1. The molecular weight excluding hydrogens is 283 g/mol. The molecule has 1 heterocycles. The number of thiazole rings is 1. The molecule has 3 aromatic rings. The molecule has 2 nitrogen and oxygen atoms in total. The van der Waals surface area contributed by atoms with Gasteiger partial charge in [0.15, 0.2) is 0 Å². The number of halogens is 1. The lowest BCUT2D eigenvalue weighted by molar-refractivity contribution is 0.626. The number of hydrogen-bond acceptors (Lipinski definition) is 3. The number of hydrogen-bond donors (Lipinski definition) is 1. The van der Waals surface area contributed by atoms with Crippen LogP contribution in [0.2, 0.25) is 0 Å². The van der Waals surface area contributed by atoms with Gasteiger partial charge in [0, 0.05) is 23.2 Å². The largest absolute Gasteiger partial charge is 0.381 e. The van der Waals surface area contributed by atoms with Gasteiger partial charge in [0.25, 0.3) is 0 Å². The number of nitrogens with one attached hydrogen (secondary N) is 1. The van der Waals surface area contributed by atoms with Crippen LogP contribution in [-0.4, -0.2) is 4.98 Å². The Labute approximate surface area is 127 Å². The van der Waals surface area contributed by atoms with Gasteiger partial charge in [0.1, 0.15) is 5.82 Å². The van der Waals surface area contributed by atoms with Crippen LogP contribution in [0.3, 0.4) is 0 Å². The van der Waals surface area contributed by atoms with E-state index in [-0.39, 0.29) is 5.82 Å². The van der Waals surface area contributed by atoms with Crippen molar-refractivity contribution in [2.75, 3.05) is 5.32 Å². The zero-order valence-corrected chi connectivity index (χ0v) is 12.5. The van der Waals surface area contributed by atoms with Crippen LogP contribution in [0.5, 0.6) is 0 Å². The Hall–Kier alpha value is -2.20. The average Bonchev–Trinajstić information content (AvgIpc) is 2.92. The lowest BCUT2D eigenvalue weighted by Gasteiger charge is -2.07. The lowest BCUT2D eigenvalue weighted by Crippen LogP contribution is -1.99. The van der Waals surface area contributed by atoms with E-state index in [4.69, 9.17) is 0 Å². The van der Waals surface area contributed by atoms with Gasteiger partial charge < -0.3 is 5.32 Å². The molecule has 21 heavy (non-hydrogen) atoms. The minimum Gasteiger partial charge on any atom is -0.381 e. The number of aryl methyl sites for hydroxylation is 1. The molecule has 0 aliphatic heterocycles. The quantitative estimate of drug-likeness (QED) is 0.743. The smallest absolute Gasteiger partial charge is 0.123 e. The van der Waals surface area contributed by atoms with Crippen molar-refractivity contribution in [3.8, 4) is 11.3 Å². The second kappa shape index (κ2) is 6.06. The summed E-state index contributed by atoms with van der Waals surface area (Å²) in [5.41, 5.74) is 4.05. The van der Waals surface area contributed by atoms with Crippen molar-refractivity contribution in [2.45, 2.75) is 13.5 Å². The van der Waals surface area contributed by atoms with Gasteiger partial charge >= 0.3 is 0 Å². The first-order valence-electron chi connectivity index (χ1n) is 6.71. The molecular formula is C17H15FN2S. The van der Waals surface area contributed by atoms with Gasteiger partial charge in [-0.25, -0.2) is 9.37 Å².